The van der Waals surface area contributed by atoms with E-state index in [0.717, 1.165) is 25.9 Å². The third-order valence-corrected chi connectivity index (χ3v) is 6.09. The number of sulfonamides is 1. The van der Waals surface area contributed by atoms with Crippen LogP contribution in [0.25, 0.3) is 0 Å². The monoisotopic (exact) mass is 389 g/mol. The number of ether oxygens (including phenoxy) is 1. The maximum Gasteiger partial charge on any atom is 0.240 e. The quantitative estimate of drug-likeness (QED) is 0.654. The topological polar surface area (TPSA) is 96.5 Å². The lowest BCUT2D eigenvalue weighted by Crippen LogP contribution is -2.48. The molecule has 3 rings (SSSR count). The van der Waals surface area contributed by atoms with Crippen LogP contribution in [0.2, 0.25) is 0 Å². The molecule has 1 atom stereocenters. The van der Waals surface area contributed by atoms with Gasteiger partial charge >= 0.3 is 0 Å². The van der Waals surface area contributed by atoms with Crippen LogP contribution in [-0.4, -0.2) is 40.6 Å². The largest absolute Gasteiger partial charge is 0.495 e. The highest BCUT2D eigenvalue weighted by molar-refractivity contribution is 7.89. The van der Waals surface area contributed by atoms with Crippen molar-refractivity contribution in [3.8, 4) is 5.75 Å². The number of rotatable bonds is 7. The minimum atomic E-state index is -3.58. The summed E-state index contributed by atoms with van der Waals surface area (Å²) in [5, 5.41) is 5.95. The molecule has 140 valence electrons. The Morgan fingerprint density at radius 2 is 2.00 bits per heavy atom. The summed E-state index contributed by atoms with van der Waals surface area (Å²) in [6.45, 7) is 3.53. The predicted molar refractivity (Wildman–Crippen MR) is 97.7 cm³/mol. The smallest absolute Gasteiger partial charge is 0.240 e. The van der Waals surface area contributed by atoms with E-state index in [9.17, 15) is 13.2 Å². The van der Waals surface area contributed by atoms with Crippen molar-refractivity contribution >= 4 is 34.0 Å². The molecular formula is C16H24ClN3O4S. The van der Waals surface area contributed by atoms with Crippen molar-refractivity contribution in [2.75, 3.05) is 25.5 Å². The van der Waals surface area contributed by atoms with E-state index in [1.165, 1.54) is 19.2 Å². The van der Waals surface area contributed by atoms with Crippen molar-refractivity contribution in [1.82, 2.24) is 10.0 Å². The van der Waals surface area contributed by atoms with Gasteiger partial charge in [0.1, 0.15) is 5.75 Å². The number of amides is 1. The first-order valence-corrected chi connectivity index (χ1v) is 9.61. The summed E-state index contributed by atoms with van der Waals surface area (Å²) >= 11 is 0. The molecule has 1 unspecified atom stereocenters. The summed E-state index contributed by atoms with van der Waals surface area (Å²) in [5.41, 5.74) is 0.375. The summed E-state index contributed by atoms with van der Waals surface area (Å²) in [4.78, 5) is 12.5. The highest BCUT2D eigenvalue weighted by Crippen LogP contribution is 2.30. The summed E-state index contributed by atoms with van der Waals surface area (Å²) in [7, 11) is -2.09. The predicted octanol–water partition coefficient (Wildman–Crippen LogP) is 1.35. The Morgan fingerprint density at radius 3 is 2.52 bits per heavy atom. The van der Waals surface area contributed by atoms with Crippen molar-refractivity contribution in [2.24, 2.45) is 11.8 Å². The Kier molecular flexibility index (Phi) is 6.31. The van der Waals surface area contributed by atoms with Crippen LogP contribution in [0.3, 0.4) is 0 Å². The average molecular weight is 390 g/mol. The van der Waals surface area contributed by atoms with E-state index in [1.54, 1.807) is 6.07 Å². The molecule has 3 N–H and O–H groups in total. The van der Waals surface area contributed by atoms with Gasteiger partial charge < -0.3 is 15.4 Å². The first kappa shape index (κ1) is 20.0. The summed E-state index contributed by atoms with van der Waals surface area (Å²) in [5.74, 6) is 0.456. The third-order valence-electron chi connectivity index (χ3n) is 4.57. The molecule has 2 aliphatic rings. The SMILES string of the molecule is COc1ccc(S(=O)(=O)NC2CC2)cc1NC(=O)C(C)C1CNC1.Cl. The van der Waals surface area contributed by atoms with Gasteiger partial charge in [0.2, 0.25) is 15.9 Å². The molecule has 9 heteroatoms. The Bertz CT molecular complexity index is 733. The molecule has 1 heterocycles. The number of halogens is 1. The lowest BCUT2D eigenvalue weighted by molar-refractivity contribution is -0.121. The van der Waals surface area contributed by atoms with Crippen molar-refractivity contribution in [2.45, 2.75) is 30.7 Å². The molecule has 1 aliphatic heterocycles. The van der Waals surface area contributed by atoms with Gasteiger partial charge in [-0.25, -0.2) is 13.1 Å². The average Bonchev–Trinajstić information content (AvgIpc) is 3.28. The maximum absolute atomic E-state index is 12.4. The fourth-order valence-electron chi connectivity index (χ4n) is 2.57. The van der Waals surface area contributed by atoms with E-state index in [-0.39, 0.29) is 35.2 Å². The van der Waals surface area contributed by atoms with Crippen LogP contribution >= 0.6 is 12.4 Å². The number of carbonyl (C=O) groups is 1. The minimum absolute atomic E-state index is 0. The van der Waals surface area contributed by atoms with Gasteiger partial charge in [0.15, 0.2) is 0 Å². The third kappa shape index (κ3) is 4.63. The molecule has 1 aliphatic carbocycles. The number of hydrogen-bond acceptors (Lipinski definition) is 5. The summed E-state index contributed by atoms with van der Waals surface area (Å²) in [6, 6.07) is 4.53. The van der Waals surface area contributed by atoms with E-state index in [2.05, 4.69) is 15.4 Å². The number of methoxy groups -OCH3 is 1. The highest BCUT2D eigenvalue weighted by atomic mass is 35.5. The molecule has 1 amide bonds. The molecule has 1 aromatic carbocycles. The molecule has 1 saturated carbocycles. The number of carbonyl (C=O) groups excluding carboxylic acids is 1. The summed E-state index contributed by atoms with van der Waals surface area (Å²) in [6.07, 6.45) is 1.73. The first-order valence-electron chi connectivity index (χ1n) is 8.12. The van der Waals surface area contributed by atoms with Crippen molar-refractivity contribution in [3.63, 3.8) is 0 Å². The van der Waals surface area contributed by atoms with Gasteiger partial charge in [0, 0.05) is 12.0 Å². The van der Waals surface area contributed by atoms with Gasteiger partial charge in [0.05, 0.1) is 17.7 Å². The van der Waals surface area contributed by atoms with Crippen LogP contribution in [0.1, 0.15) is 19.8 Å². The molecule has 1 saturated heterocycles. The molecular weight excluding hydrogens is 366 g/mol. The molecule has 25 heavy (non-hydrogen) atoms. The van der Waals surface area contributed by atoms with E-state index in [0.29, 0.717) is 17.4 Å². The van der Waals surface area contributed by atoms with E-state index in [1.807, 2.05) is 6.92 Å². The fraction of sp³-hybridized carbons (Fsp3) is 0.562. The van der Waals surface area contributed by atoms with Gasteiger partial charge in [-0.15, -0.1) is 12.4 Å². The first-order chi connectivity index (χ1) is 11.4. The van der Waals surface area contributed by atoms with Gasteiger partial charge in [-0.3, -0.25) is 4.79 Å². The lowest BCUT2D eigenvalue weighted by Gasteiger charge is -2.31. The number of benzene rings is 1. The van der Waals surface area contributed by atoms with Crippen LogP contribution in [0, 0.1) is 11.8 Å². The second-order valence-corrected chi connectivity index (χ2v) is 8.17. The summed E-state index contributed by atoms with van der Waals surface area (Å²) < 4.78 is 32.6. The number of anilines is 1. The molecule has 1 aromatic rings. The zero-order valence-corrected chi connectivity index (χ0v) is 15.9. The van der Waals surface area contributed by atoms with Crippen LogP contribution in [0.15, 0.2) is 23.1 Å². The van der Waals surface area contributed by atoms with Crippen molar-refractivity contribution in [3.05, 3.63) is 18.2 Å². The van der Waals surface area contributed by atoms with E-state index >= 15 is 0 Å². The number of nitrogens with one attached hydrogen (secondary N) is 3. The van der Waals surface area contributed by atoms with Gasteiger partial charge in [0.25, 0.3) is 0 Å². The van der Waals surface area contributed by atoms with Crippen LogP contribution in [-0.2, 0) is 14.8 Å². The normalized spacial score (nSPS) is 18.6. The zero-order valence-electron chi connectivity index (χ0n) is 14.2. The van der Waals surface area contributed by atoms with Crippen LogP contribution < -0.4 is 20.1 Å². The van der Waals surface area contributed by atoms with Crippen molar-refractivity contribution in [1.29, 1.82) is 0 Å². The molecule has 7 nitrogen and oxygen atoms in total. The zero-order chi connectivity index (χ0) is 17.3. The second kappa shape index (κ2) is 7.90. The Hall–Kier alpha value is -1.35. The van der Waals surface area contributed by atoms with Crippen LogP contribution in [0.5, 0.6) is 5.75 Å². The lowest BCUT2D eigenvalue weighted by atomic mass is 9.88. The fourth-order valence-corrected chi connectivity index (χ4v) is 3.90. The minimum Gasteiger partial charge on any atom is -0.495 e. The Labute approximate surface area is 154 Å². The standard InChI is InChI=1S/C16H23N3O4S.ClH/c1-10(11-8-17-9-11)16(20)18-14-7-13(5-6-15(14)23-2)24(21,22)19-12-3-4-12;/h5-7,10-12,17,19H,3-4,8-9H2,1-2H3,(H,18,20);1H. The second-order valence-electron chi connectivity index (χ2n) is 6.45. The molecule has 0 aromatic heterocycles. The Morgan fingerprint density at radius 1 is 1.32 bits per heavy atom. The van der Waals surface area contributed by atoms with Crippen LogP contribution in [0.4, 0.5) is 5.69 Å². The Balaban J connectivity index is 0.00000225. The molecule has 0 radical (unpaired) electrons. The van der Waals surface area contributed by atoms with E-state index in [4.69, 9.17) is 4.74 Å². The molecule has 0 spiro atoms. The van der Waals surface area contributed by atoms with Crippen molar-refractivity contribution < 1.29 is 17.9 Å². The highest BCUT2D eigenvalue weighted by Gasteiger charge is 2.30. The molecule has 2 fully saturated rings. The van der Waals surface area contributed by atoms with Gasteiger partial charge in [-0.2, -0.15) is 0 Å². The molecule has 0 bridgehead atoms. The maximum atomic E-state index is 12.4. The van der Waals surface area contributed by atoms with Gasteiger partial charge in [-0.1, -0.05) is 6.92 Å². The van der Waals surface area contributed by atoms with Gasteiger partial charge in [-0.05, 0) is 50.0 Å². The number of hydrogen-bond donors (Lipinski definition) is 3. The van der Waals surface area contributed by atoms with E-state index < -0.39 is 10.0 Å².